The van der Waals surface area contributed by atoms with Crippen molar-refractivity contribution in [2.75, 3.05) is 6.54 Å². The lowest BCUT2D eigenvalue weighted by Crippen LogP contribution is -2.18. The van der Waals surface area contributed by atoms with Gasteiger partial charge in [0.15, 0.2) is 0 Å². The lowest BCUT2D eigenvalue weighted by molar-refractivity contribution is 0.551. The van der Waals surface area contributed by atoms with Gasteiger partial charge in [-0.15, -0.1) is 11.3 Å². The van der Waals surface area contributed by atoms with Crippen molar-refractivity contribution in [3.63, 3.8) is 0 Å². The third-order valence-corrected chi connectivity index (χ3v) is 4.27. The second-order valence-electron chi connectivity index (χ2n) is 5.71. The summed E-state index contributed by atoms with van der Waals surface area (Å²) in [4.78, 5) is 4.74. The summed E-state index contributed by atoms with van der Waals surface area (Å²) in [6, 6.07) is 15.0. The first-order chi connectivity index (χ1) is 10.2. The van der Waals surface area contributed by atoms with E-state index in [9.17, 15) is 0 Å². The van der Waals surface area contributed by atoms with Gasteiger partial charge in [0.1, 0.15) is 5.01 Å². The molecule has 0 saturated heterocycles. The molecule has 0 spiro atoms. The summed E-state index contributed by atoms with van der Waals surface area (Å²) in [5.74, 6) is 0.671. The van der Waals surface area contributed by atoms with Crippen molar-refractivity contribution in [1.82, 2.24) is 10.3 Å². The summed E-state index contributed by atoms with van der Waals surface area (Å²) in [6.07, 6.45) is 0. The average Bonchev–Trinajstić information content (AvgIpc) is 2.95. The van der Waals surface area contributed by atoms with Crippen molar-refractivity contribution >= 4 is 22.1 Å². The van der Waals surface area contributed by atoms with Crippen molar-refractivity contribution in [2.24, 2.45) is 5.92 Å². The molecular weight excluding hydrogens is 276 g/mol. The Morgan fingerprint density at radius 1 is 1.10 bits per heavy atom. The zero-order valence-corrected chi connectivity index (χ0v) is 13.3. The van der Waals surface area contributed by atoms with Crippen LogP contribution in [-0.2, 0) is 6.54 Å². The second-order valence-corrected chi connectivity index (χ2v) is 6.66. The predicted molar refractivity (Wildman–Crippen MR) is 91.6 cm³/mol. The first-order valence-corrected chi connectivity index (χ1v) is 8.24. The number of aromatic nitrogens is 1. The van der Waals surface area contributed by atoms with Gasteiger partial charge in [-0.3, -0.25) is 0 Å². The van der Waals surface area contributed by atoms with E-state index in [1.807, 2.05) is 0 Å². The third kappa shape index (κ3) is 3.49. The van der Waals surface area contributed by atoms with Crippen molar-refractivity contribution in [1.29, 1.82) is 0 Å². The quantitative estimate of drug-likeness (QED) is 0.737. The highest BCUT2D eigenvalue weighted by Crippen LogP contribution is 2.25. The van der Waals surface area contributed by atoms with Crippen LogP contribution in [0.4, 0.5) is 0 Å². The number of nitrogens with one attached hydrogen (secondary N) is 1. The Labute approximate surface area is 129 Å². The highest BCUT2D eigenvalue weighted by molar-refractivity contribution is 7.09. The molecule has 0 aliphatic carbocycles. The zero-order chi connectivity index (χ0) is 14.7. The van der Waals surface area contributed by atoms with Gasteiger partial charge >= 0.3 is 0 Å². The van der Waals surface area contributed by atoms with Crippen LogP contribution >= 0.6 is 11.3 Å². The molecule has 2 nitrogen and oxygen atoms in total. The number of hydrogen-bond acceptors (Lipinski definition) is 3. The molecule has 0 saturated carbocycles. The Hall–Kier alpha value is -1.71. The van der Waals surface area contributed by atoms with Crippen molar-refractivity contribution < 1.29 is 0 Å². The number of rotatable bonds is 5. The largest absolute Gasteiger partial charge is 0.310 e. The summed E-state index contributed by atoms with van der Waals surface area (Å²) < 4.78 is 0. The normalized spacial score (nSPS) is 11.4. The molecule has 21 heavy (non-hydrogen) atoms. The van der Waals surface area contributed by atoms with Crippen LogP contribution in [0.15, 0.2) is 47.8 Å². The van der Waals surface area contributed by atoms with Gasteiger partial charge in [0.25, 0.3) is 0 Å². The zero-order valence-electron chi connectivity index (χ0n) is 12.5. The van der Waals surface area contributed by atoms with Gasteiger partial charge in [0, 0.05) is 17.5 Å². The van der Waals surface area contributed by atoms with E-state index in [4.69, 9.17) is 4.98 Å². The molecule has 0 bridgehead atoms. The Morgan fingerprint density at radius 2 is 1.90 bits per heavy atom. The molecule has 1 aromatic heterocycles. The fourth-order valence-corrected chi connectivity index (χ4v) is 3.11. The Bertz CT molecular complexity index is 731. The standard InChI is InChI=1S/C18H20N2S/c1-13(2)10-19-11-18-20-17(12-21-18)16-8-7-14-5-3-4-6-15(14)9-16/h3-9,12-13,19H,10-11H2,1-2H3. The summed E-state index contributed by atoms with van der Waals surface area (Å²) >= 11 is 1.73. The Balaban J connectivity index is 1.77. The molecule has 0 aliphatic heterocycles. The molecule has 3 heteroatoms. The molecule has 0 amide bonds. The number of hydrogen-bond donors (Lipinski definition) is 1. The van der Waals surface area contributed by atoms with E-state index in [1.54, 1.807) is 11.3 Å². The number of nitrogens with zero attached hydrogens (tertiary/aromatic N) is 1. The van der Waals surface area contributed by atoms with Gasteiger partial charge in [-0.2, -0.15) is 0 Å². The number of fused-ring (bicyclic) bond motifs is 1. The van der Waals surface area contributed by atoms with Crippen molar-refractivity contribution in [3.05, 3.63) is 52.9 Å². The summed E-state index contributed by atoms with van der Waals surface area (Å²) in [5, 5.41) is 9.28. The topological polar surface area (TPSA) is 24.9 Å². The minimum atomic E-state index is 0.671. The fraction of sp³-hybridized carbons (Fsp3) is 0.278. The van der Waals surface area contributed by atoms with Crippen LogP contribution in [0.2, 0.25) is 0 Å². The molecular formula is C18H20N2S. The van der Waals surface area contributed by atoms with E-state index >= 15 is 0 Å². The van der Waals surface area contributed by atoms with E-state index < -0.39 is 0 Å². The maximum atomic E-state index is 4.74. The third-order valence-electron chi connectivity index (χ3n) is 3.43. The van der Waals surface area contributed by atoms with Gasteiger partial charge in [-0.05, 0) is 29.3 Å². The smallest absolute Gasteiger partial charge is 0.107 e. The number of benzene rings is 2. The maximum Gasteiger partial charge on any atom is 0.107 e. The molecule has 1 N–H and O–H groups in total. The van der Waals surface area contributed by atoms with Gasteiger partial charge < -0.3 is 5.32 Å². The van der Waals surface area contributed by atoms with Gasteiger partial charge in [-0.1, -0.05) is 50.2 Å². The van der Waals surface area contributed by atoms with Crippen LogP contribution < -0.4 is 5.32 Å². The summed E-state index contributed by atoms with van der Waals surface area (Å²) in [5.41, 5.74) is 2.27. The van der Waals surface area contributed by atoms with Gasteiger partial charge in [-0.25, -0.2) is 4.98 Å². The highest BCUT2D eigenvalue weighted by atomic mass is 32.1. The van der Waals surface area contributed by atoms with Crippen LogP contribution in [0, 0.1) is 5.92 Å². The molecule has 3 rings (SSSR count). The molecule has 108 valence electrons. The van der Waals surface area contributed by atoms with Gasteiger partial charge in [0.05, 0.1) is 5.69 Å². The second kappa shape index (κ2) is 6.37. The van der Waals surface area contributed by atoms with Crippen LogP contribution in [0.5, 0.6) is 0 Å². The number of thiazole rings is 1. The van der Waals surface area contributed by atoms with E-state index in [1.165, 1.54) is 16.3 Å². The van der Waals surface area contributed by atoms with Crippen LogP contribution in [0.1, 0.15) is 18.9 Å². The van der Waals surface area contributed by atoms with E-state index in [-0.39, 0.29) is 0 Å². The average molecular weight is 296 g/mol. The SMILES string of the molecule is CC(C)CNCc1nc(-c2ccc3ccccc3c2)cs1. The molecule has 0 aliphatic rings. The summed E-state index contributed by atoms with van der Waals surface area (Å²) in [6.45, 7) is 6.33. The highest BCUT2D eigenvalue weighted by Gasteiger charge is 2.05. The van der Waals surface area contributed by atoms with Crippen LogP contribution in [0.3, 0.4) is 0 Å². The fourth-order valence-electron chi connectivity index (χ4n) is 2.34. The Kier molecular flexibility index (Phi) is 4.32. The van der Waals surface area contributed by atoms with Crippen molar-refractivity contribution in [2.45, 2.75) is 20.4 Å². The van der Waals surface area contributed by atoms with E-state index in [2.05, 4.69) is 67.0 Å². The lowest BCUT2D eigenvalue weighted by Gasteiger charge is -2.04. The van der Waals surface area contributed by atoms with E-state index in [0.29, 0.717) is 5.92 Å². The first kappa shape index (κ1) is 14.2. The molecule has 1 heterocycles. The summed E-state index contributed by atoms with van der Waals surface area (Å²) in [7, 11) is 0. The lowest BCUT2D eigenvalue weighted by atomic mass is 10.1. The predicted octanol–water partition coefficient (Wildman–Crippen LogP) is 4.71. The van der Waals surface area contributed by atoms with Crippen molar-refractivity contribution in [3.8, 4) is 11.3 Å². The first-order valence-electron chi connectivity index (χ1n) is 7.36. The molecule has 0 radical (unpaired) electrons. The maximum absolute atomic E-state index is 4.74. The molecule has 0 unspecified atom stereocenters. The van der Waals surface area contributed by atoms with E-state index in [0.717, 1.165) is 23.8 Å². The van der Waals surface area contributed by atoms with Crippen LogP contribution in [-0.4, -0.2) is 11.5 Å². The van der Waals surface area contributed by atoms with Crippen LogP contribution in [0.25, 0.3) is 22.0 Å². The minimum absolute atomic E-state index is 0.671. The molecule has 3 aromatic rings. The monoisotopic (exact) mass is 296 g/mol. The minimum Gasteiger partial charge on any atom is -0.310 e. The molecule has 0 atom stereocenters. The molecule has 2 aromatic carbocycles. The molecule has 0 fully saturated rings. The van der Waals surface area contributed by atoms with Gasteiger partial charge in [0.2, 0.25) is 0 Å². The Morgan fingerprint density at radius 3 is 2.71 bits per heavy atom.